The number of aromatic nitrogens is 1. The van der Waals surface area contributed by atoms with Crippen molar-refractivity contribution < 1.29 is 9.39 Å². The van der Waals surface area contributed by atoms with Crippen molar-refractivity contribution in [1.29, 1.82) is 0 Å². The minimum Gasteiger partial charge on any atom is -0.551 e. The van der Waals surface area contributed by atoms with Gasteiger partial charge in [0.25, 0.3) is 0 Å². The van der Waals surface area contributed by atoms with Crippen LogP contribution in [0.1, 0.15) is 0 Å². The van der Waals surface area contributed by atoms with Gasteiger partial charge in [0, 0.05) is 32.8 Å². The minimum absolute atomic E-state index is 0.324. The highest BCUT2D eigenvalue weighted by molar-refractivity contribution is 7.19. The molecule has 5 heteroatoms. The van der Waals surface area contributed by atoms with Crippen LogP contribution in [0.5, 0.6) is 17.2 Å². The van der Waals surface area contributed by atoms with E-state index in [2.05, 4.69) is 247 Å². The predicted octanol–water partition coefficient (Wildman–Crippen LogP) is 10.8. The number of para-hydroxylation sites is 3. The van der Waals surface area contributed by atoms with Gasteiger partial charge in [-0.3, -0.25) is 0 Å². The van der Waals surface area contributed by atoms with Crippen molar-refractivity contribution in [2.75, 3.05) is 0 Å². The topological polar surface area (TPSA) is 23.4 Å². The zero-order valence-corrected chi connectivity index (χ0v) is 36.4. The number of hydrogen-bond acceptors (Lipinski definition) is 2. The number of fused-ring (bicyclic) bond motifs is 7. The number of nitrogens with zero attached hydrogens (tertiary/aromatic N) is 1. The van der Waals surface area contributed by atoms with Gasteiger partial charge < -0.3 is 14.0 Å². The van der Waals surface area contributed by atoms with Crippen molar-refractivity contribution in [3.05, 3.63) is 243 Å². The van der Waals surface area contributed by atoms with Crippen LogP contribution in [0.15, 0.2) is 243 Å². The molecular formula is C60H40BNO2Si. The summed E-state index contributed by atoms with van der Waals surface area (Å²) < 4.78 is 16.4. The highest BCUT2D eigenvalue weighted by Crippen LogP contribution is 2.42. The summed E-state index contributed by atoms with van der Waals surface area (Å²) in [6, 6.07) is 88.3. The van der Waals surface area contributed by atoms with Gasteiger partial charge in [-0.2, -0.15) is 0 Å². The summed E-state index contributed by atoms with van der Waals surface area (Å²) in [7, 11) is -2.72. The van der Waals surface area contributed by atoms with Crippen LogP contribution in [0.25, 0.3) is 60.9 Å². The van der Waals surface area contributed by atoms with E-state index >= 15 is 0 Å². The van der Waals surface area contributed by atoms with Gasteiger partial charge in [0.1, 0.15) is 17.2 Å². The number of benzene rings is 10. The Morgan fingerprint density at radius 1 is 0.354 bits per heavy atom. The first-order chi connectivity index (χ1) is 32.2. The molecule has 0 unspecified atom stereocenters. The Hall–Kier alpha value is -8.12. The van der Waals surface area contributed by atoms with E-state index in [-0.39, 0.29) is 6.92 Å². The largest absolute Gasteiger partial charge is 0.551 e. The second-order valence-electron chi connectivity index (χ2n) is 17.1. The highest BCUT2D eigenvalue weighted by atomic mass is 28.3. The third-order valence-electron chi connectivity index (χ3n) is 13.6. The number of hydrogen-bond donors (Lipinski definition) is 0. The summed E-state index contributed by atoms with van der Waals surface area (Å²) >= 11 is 0. The van der Waals surface area contributed by atoms with Crippen LogP contribution in [0.2, 0.25) is 0 Å². The molecule has 2 aliphatic rings. The highest BCUT2D eigenvalue weighted by Gasteiger charge is 2.43. The molecule has 0 bridgehead atoms. The smallest absolute Gasteiger partial charge is 0.434 e. The van der Waals surface area contributed by atoms with Gasteiger partial charge >= 0.3 is 6.92 Å². The molecule has 10 aromatic carbocycles. The van der Waals surface area contributed by atoms with Crippen LogP contribution in [0.4, 0.5) is 0 Å². The van der Waals surface area contributed by atoms with Crippen LogP contribution in [0.3, 0.4) is 0 Å². The Bertz CT molecular complexity index is 3470. The maximum atomic E-state index is 7.18. The lowest BCUT2D eigenvalue weighted by atomic mass is 9.51. The Labute approximate surface area is 379 Å². The minimum atomic E-state index is -2.72. The van der Waals surface area contributed by atoms with Crippen molar-refractivity contribution >= 4 is 68.5 Å². The van der Waals surface area contributed by atoms with Gasteiger partial charge in [0.15, 0.2) is 8.07 Å². The third-order valence-corrected chi connectivity index (χ3v) is 18.4. The van der Waals surface area contributed by atoms with Gasteiger partial charge in [-0.05, 0) is 79.4 Å². The standard InChI is InChI=1S/C60H40BNO2Si/c1-4-19-44(20-5-1)65(45-21-6-2-7-22-45,46-23-8-3-9-24-46)47-25-16-18-41(38-47)42-34-36-51-52-29-17-33-57-60(52)61(64-58(51)39-42)53-37-35-43(40-59(53)63-57)48-26-10-13-30-54(48)62-55-31-14-11-27-49(55)50-28-12-15-32-56(50)62/h1-40H. The molecule has 0 aliphatic carbocycles. The van der Waals surface area contributed by atoms with Crippen molar-refractivity contribution in [3.63, 3.8) is 0 Å². The first kappa shape index (κ1) is 37.4. The molecule has 0 spiro atoms. The van der Waals surface area contributed by atoms with Crippen molar-refractivity contribution in [1.82, 2.24) is 4.57 Å². The maximum Gasteiger partial charge on any atom is 0.434 e. The second-order valence-corrected chi connectivity index (χ2v) is 20.9. The molecule has 0 N–H and O–H groups in total. The predicted molar refractivity (Wildman–Crippen MR) is 273 cm³/mol. The Balaban J connectivity index is 0.908. The van der Waals surface area contributed by atoms with E-state index < -0.39 is 8.07 Å². The van der Waals surface area contributed by atoms with Gasteiger partial charge in [0.05, 0.1) is 16.7 Å². The van der Waals surface area contributed by atoms with Crippen molar-refractivity contribution in [2.24, 2.45) is 0 Å². The molecule has 304 valence electrons. The summed E-state index contributed by atoms with van der Waals surface area (Å²) in [6.45, 7) is -0.324. The Morgan fingerprint density at radius 3 is 1.58 bits per heavy atom. The molecule has 0 saturated carbocycles. The summed E-state index contributed by atoms with van der Waals surface area (Å²) in [4.78, 5) is 0. The monoisotopic (exact) mass is 845 g/mol. The summed E-state index contributed by atoms with van der Waals surface area (Å²) in [6.07, 6.45) is 0. The molecule has 0 radical (unpaired) electrons. The van der Waals surface area contributed by atoms with Gasteiger partial charge in [-0.25, -0.2) is 0 Å². The molecule has 13 rings (SSSR count). The molecule has 1 aromatic heterocycles. The molecule has 0 fully saturated rings. The Morgan fingerprint density at radius 2 is 0.892 bits per heavy atom. The van der Waals surface area contributed by atoms with Crippen LogP contribution in [0, 0.1) is 0 Å². The van der Waals surface area contributed by atoms with E-state index in [1.165, 1.54) is 42.6 Å². The first-order valence-corrected chi connectivity index (χ1v) is 24.4. The molecule has 2 aliphatic heterocycles. The van der Waals surface area contributed by atoms with E-state index in [1.54, 1.807) is 0 Å². The fraction of sp³-hybridized carbons (Fsp3) is 0. The van der Waals surface area contributed by atoms with Gasteiger partial charge in [0.2, 0.25) is 0 Å². The fourth-order valence-electron chi connectivity index (χ4n) is 10.8. The molecule has 0 saturated heterocycles. The van der Waals surface area contributed by atoms with Crippen LogP contribution < -0.4 is 41.1 Å². The second kappa shape index (κ2) is 15.0. The summed E-state index contributed by atoms with van der Waals surface area (Å²) in [5.41, 5.74) is 12.3. The SMILES string of the molecule is c1ccc([Si](c2ccccc2)(c2ccccc2)c2cccc(-c3ccc4c(c3)OB3c5ccc(-c6ccccc6-n6c7ccccc7c7ccccc76)cc5Oc5cccc-4c53)c2)cc1. The third kappa shape index (κ3) is 5.83. The molecule has 0 atom stereocenters. The summed E-state index contributed by atoms with van der Waals surface area (Å²) in [5, 5.41) is 7.88. The lowest BCUT2D eigenvalue weighted by molar-refractivity contribution is 0.479. The van der Waals surface area contributed by atoms with E-state index in [0.29, 0.717) is 0 Å². The fourth-order valence-corrected chi connectivity index (χ4v) is 15.6. The van der Waals surface area contributed by atoms with Crippen molar-refractivity contribution in [3.8, 4) is 56.3 Å². The van der Waals surface area contributed by atoms with E-state index in [4.69, 9.17) is 9.39 Å². The quantitative estimate of drug-likeness (QED) is 0.118. The van der Waals surface area contributed by atoms with E-state index in [0.717, 1.165) is 67.2 Å². The van der Waals surface area contributed by atoms with Crippen LogP contribution in [-0.4, -0.2) is 19.6 Å². The Kier molecular flexibility index (Phi) is 8.65. The average molecular weight is 846 g/mol. The molecule has 0 amide bonds. The average Bonchev–Trinajstić information content (AvgIpc) is 3.72. The van der Waals surface area contributed by atoms with Gasteiger partial charge in [-0.1, -0.05) is 206 Å². The lowest BCUT2D eigenvalue weighted by Gasteiger charge is -2.35. The molecule has 11 aromatic rings. The molecule has 3 heterocycles. The van der Waals surface area contributed by atoms with E-state index in [1.807, 2.05) is 0 Å². The zero-order chi connectivity index (χ0) is 42.9. The van der Waals surface area contributed by atoms with Crippen molar-refractivity contribution in [2.45, 2.75) is 0 Å². The maximum absolute atomic E-state index is 7.18. The molecule has 65 heavy (non-hydrogen) atoms. The lowest BCUT2D eigenvalue weighted by Crippen LogP contribution is -2.74. The zero-order valence-electron chi connectivity index (χ0n) is 35.4. The van der Waals surface area contributed by atoms with Crippen LogP contribution >= 0.6 is 0 Å². The summed E-state index contributed by atoms with van der Waals surface area (Å²) in [5.74, 6) is 2.51. The molecule has 3 nitrogen and oxygen atoms in total. The normalized spacial score (nSPS) is 12.5. The number of rotatable bonds is 7. The van der Waals surface area contributed by atoms with Crippen LogP contribution in [-0.2, 0) is 0 Å². The molecular weight excluding hydrogens is 806 g/mol. The van der Waals surface area contributed by atoms with E-state index in [9.17, 15) is 0 Å². The number of ether oxygens (including phenoxy) is 1. The first-order valence-electron chi connectivity index (χ1n) is 22.4. The van der Waals surface area contributed by atoms with Gasteiger partial charge in [-0.15, -0.1) is 0 Å².